The molecule has 1 aromatic carbocycles. The number of anilines is 1. The molecule has 1 heterocycles. The Kier molecular flexibility index (Phi) is 6.12. The van der Waals surface area contributed by atoms with Gasteiger partial charge in [0.05, 0.1) is 5.75 Å². The van der Waals surface area contributed by atoms with E-state index >= 15 is 0 Å². The van der Waals surface area contributed by atoms with E-state index in [-0.39, 0.29) is 28.8 Å². The van der Waals surface area contributed by atoms with Crippen molar-refractivity contribution in [2.24, 2.45) is 5.92 Å². The summed E-state index contributed by atoms with van der Waals surface area (Å²) in [4.78, 5) is 10.3. The van der Waals surface area contributed by atoms with E-state index in [0.717, 1.165) is 0 Å². The van der Waals surface area contributed by atoms with Crippen LogP contribution in [0.15, 0.2) is 36.5 Å². The van der Waals surface area contributed by atoms with Crippen molar-refractivity contribution >= 4 is 29.2 Å². The predicted molar refractivity (Wildman–Crippen MR) is 96.5 cm³/mol. The summed E-state index contributed by atoms with van der Waals surface area (Å²) < 4.78 is 25.1. The van der Waals surface area contributed by atoms with Crippen LogP contribution >= 0.6 is 0 Å². The SMILES string of the molecule is [B]c1cnc(C#N)nc1N(CC(C)C)NS(=O)(=O)Cc1ccccc1. The molecule has 25 heavy (non-hydrogen) atoms. The van der Waals surface area contributed by atoms with E-state index in [9.17, 15) is 8.42 Å². The van der Waals surface area contributed by atoms with Gasteiger partial charge in [0, 0.05) is 12.7 Å². The van der Waals surface area contributed by atoms with Crippen LogP contribution in [0.5, 0.6) is 0 Å². The van der Waals surface area contributed by atoms with Gasteiger partial charge < -0.3 is 0 Å². The molecular weight excluding hydrogens is 337 g/mol. The first-order valence-electron chi connectivity index (χ1n) is 7.65. The first-order chi connectivity index (χ1) is 11.8. The number of hydrazine groups is 1. The van der Waals surface area contributed by atoms with Crippen LogP contribution in [-0.2, 0) is 15.8 Å². The van der Waals surface area contributed by atoms with Gasteiger partial charge >= 0.3 is 0 Å². The number of hydrogen-bond acceptors (Lipinski definition) is 6. The molecule has 0 aliphatic rings. The number of aromatic nitrogens is 2. The maximum Gasteiger partial charge on any atom is 0.234 e. The fourth-order valence-electron chi connectivity index (χ4n) is 2.18. The Hall–Kier alpha value is -2.44. The number of nitrogens with zero attached hydrogens (tertiary/aromatic N) is 4. The zero-order valence-corrected chi connectivity index (χ0v) is 14.9. The second-order valence-electron chi connectivity index (χ2n) is 5.92. The Morgan fingerprint density at radius 3 is 2.60 bits per heavy atom. The quantitative estimate of drug-likeness (QED) is 0.578. The first-order valence-corrected chi connectivity index (χ1v) is 9.30. The smallest absolute Gasteiger partial charge is 0.234 e. The molecule has 1 aromatic heterocycles. The number of nitriles is 1. The fraction of sp³-hybridized carbons (Fsp3) is 0.312. The number of nitrogens with one attached hydrogen (secondary N) is 1. The molecule has 0 spiro atoms. The van der Waals surface area contributed by atoms with Gasteiger partial charge in [-0.2, -0.15) is 5.26 Å². The van der Waals surface area contributed by atoms with Crippen molar-refractivity contribution in [3.05, 3.63) is 47.9 Å². The summed E-state index contributed by atoms with van der Waals surface area (Å²) in [5.74, 6) is 0.0230. The van der Waals surface area contributed by atoms with E-state index in [1.165, 1.54) is 11.2 Å². The van der Waals surface area contributed by atoms with Crippen LogP contribution in [0.1, 0.15) is 25.2 Å². The van der Waals surface area contributed by atoms with Gasteiger partial charge in [0.2, 0.25) is 15.8 Å². The van der Waals surface area contributed by atoms with Crippen LogP contribution in [0.4, 0.5) is 5.82 Å². The number of sulfonamides is 1. The maximum atomic E-state index is 12.5. The number of hydrogen-bond donors (Lipinski definition) is 1. The van der Waals surface area contributed by atoms with E-state index in [4.69, 9.17) is 13.1 Å². The molecule has 2 aromatic rings. The fourth-order valence-corrected chi connectivity index (χ4v) is 3.37. The molecule has 0 amide bonds. The van der Waals surface area contributed by atoms with Gasteiger partial charge in [0.1, 0.15) is 19.7 Å². The van der Waals surface area contributed by atoms with E-state index in [1.54, 1.807) is 24.3 Å². The molecule has 7 nitrogen and oxygen atoms in total. The monoisotopic (exact) mass is 355 g/mol. The highest BCUT2D eigenvalue weighted by molar-refractivity contribution is 7.88. The van der Waals surface area contributed by atoms with Crippen molar-refractivity contribution in [2.75, 3.05) is 11.6 Å². The van der Waals surface area contributed by atoms with E-state index < -0.39 is 10.0 Å². The van der Waals surface area contributed by atoms with Gasteiger partial charge in [-0.3, -0.25) is 5.01 Å². The second kappa shape index (κ2) is 8.10. The Morgan fingerprint density at radius 2 is 2.00 bits per heavy atom. The zero-order chi connectivity index (χ0) is 18.4. The summed E-state index contributed by atoms with van der Waals surface area (Å²) >= 11 is 0. The average Bonchev–Trinajstić information content (AvgIpc) is 2.54. The van der Waals surface area contributed by atoms with Crippen molar-refractivity contribution in [2.45, 2.75) is 19.6 Å². The third-order valence-electron chi connectivity index (χ3n) is 3.15. The van der Waals surface area contributed by atoms with Crippen LogP contribution in [0, 0.1) is 17.2 Å². The summed E-state index contributed by atoms with van der Waals surface area (Å²) in [5.41, 5.74) is 0.843. The van der Waals surface area contributed by atoms with Crippen LogP contribution in [0.3, 0.4) is 0 Å². The van der Waals surface area contributed by atoms with Crippen LogP contribution < -0.4 is 15.3 Å². The average molecular weight is 355 g/mol. The van der Waals surface area contributed by atoms with Gasteiger partial charge in [0.25, 0.3) is 0 Å². The molecule has 2 radical (unpaired) electrons. The maximum absolute atomic E-state index is 12.5. The summed E-state index contributed by atoms with van der Waals surface area (Å²) in [6, 6.07) is 10.7. The normalized spacial score (nSPS) is 11.3. The lowest BCUT2D eigenvalue weighted by atomic mass is 9.98. The van der Waals surface area contributed by atoms with Crippen LogP contribution in [-0.4, -0.2) is 32.8 Å². The standard InChI is InChI=1S/C16H18BN5O2S/c1-12(2)10-22(16-14(17)9-19-15(8-18)20-16)21-25(23,24)11-13-6-4-3-5-7-13/h3-7,9,12,21H,10-11H2,1-2H3. The van der Waals surface area contributed by atoms with E-state index in [2.05, 4.69) is 14.8 Å². The molecule has 1 N–H and O–H groups in total. The summed E-state index contributed by atoms with van der Waals surface area (Å²) in [6.45, 7) is 4.20. The summed E-state index contributed by atoms with van der Waals surface area (Å²) in [7, 11) is 2.19. The Morgan fingerprint density at radius 1 is 1.32 bits per heavy atom. The van der Waals surface area contributed by atoms with Crippen LogP contribution in [0.25, 0.3) is 0 Å². The van der Waals surface area contributed by atoms with Gasteiger partial charge in [-0.15, -0.1) is 4.83 Å². The molecule has 0 atom stereocenters. The Bertz CT molecular complexity index is 866. The molecular formula is C16H18BN5O2S. The topological polar surface area (TPSA) is 99.0 Å². The molecule has 0 saturated heterocycles. The molecule has 0 unspecified atom stereocenters. The predicted octanol–water partition coefficient (Wildman–Crippen LogP) is 0.639. The minimum absolute atomic E-state index is 0.0831. The van der Waals surface area contributed by atoms with E-state index in [1.807, 2.05) is 26.0 Å². The molecule has 0 fully saturated rings. The minimum atomic E-state index is -3.69. The highest BCUT2D eigenvalue weighted by Crippen LogP contribution is 2.11. The van der Waals surface area contributed by atoms with Gasteiger partial charge in [-0.25, -0.2) is 18.4 Å². The Labute approximate surface area is 149 Å². The lowest BCUT2D eigenvalue weighted by molar-refractivity contribution is 0.552. The number of benzene rings is 1. The molecule has 0 saturated carbocycles. The summed E-state index contributed by atoms with van der Waals surface area (Å²) in [6.07, 6.45) is 1.29. The van der Waals surface area contributed by atoms with Crippen molar-refractivity contribution in [3.8, 4) is 6.07 Å². The van der Waals surface area contributed by atoms with Crippen molar-refractivity contribution in [1.29, 1.82) is 5.26 Å². The van der Waals surface area contributed by atoms with Gasteiger partial charge in [-0.1, -0.05) is 44.2 Å². The van der Waals surface area contributed by atoms with Crippen molar-refractivity contribution < 1.29 is 8.42 Å². The molecule has 2 rings (SSSR count). The zero-order valence-electron chi connectivity index (χ0n) is 14.0. The highest BCUT2D eigenvalue weighted by Gasteiger charge is 2.20. The lowest BCUT2D eigenvalue weighted by Gasteiger charge is -2.27. The van der Waals surface area contributed by atoms with Crippen LogP contribution in [0.2, 0.25) is 0 Å². The van der Waals surface area contributed by atoms with Gasteiger partial charge in [0.15, 0.2) is 0 Å². The molecule has 0 aliphatic heterocycles. The van der Waals surface area contributed by atoms with Crippen molar-refractivity contribution in [1.82, 2.24) is 14.8 Å². The highest BCUT2D eigenvalue weighted by atomic mass is 32.2. The molecule has 128 valence electrons. The largest absolute Gasteiger partial charge is 0.279 e. The van der Waals surface area contributed by atoms with Gasteiger partial charge in [-0.05, 0) is 16.9 Å². The third-order valence-corrected chi connectivity index (χ3v) is 4.36. The second-order valence-corrected chi connectivity index (χ2v) is 7.63. The lowest BCUT2D eigenvalue weighted by Crippen LogP contribution is -2.47. The first kappa shape index (κ1) is 18.9. The van der Waals surface area contributed by atoms with E-state index in [0.29, 0.717) is 12.1 Å². The molecule has 0 aliphatic carbocycles. The third kappa shape index (κ3) is 5.55. The van der Waals surface area contributed by atoms with Crippen molar-refractivity contribution in [3.63, 3.8) is 0 Å². The molecule has 9 heteroatoms. The molecule has 0 bridgehead atoms. The summed E-state index contributed by atoms with van der Waals surface area (Å²) in [5, 5.41) is 10.3. The Balaban J connectivity index is 2.30. The number of rotatable bonds is 7. The minimum Gasteiger partial charge on any atom is -0.279 e.